The standard InChI is InChI=1S/C20H16ClFN2O4S/c21-19-11-10-17(29(26,27)24-16-8-6-15(22)7-9-16)12-18(19)20(25)23-28-13-14-4-2-1-3-5-14/h1-12,24H,13H2,(H,23,25). The summed E-state index contributed by atoms with van der Waals surface area (Å²) in [5.74, 6) is -1.18. The molecular formula is C20H16ClFN2O4S. The minimum atomic E-state index is -4.01. The van der Waals surface area contributed by atoms with Crippen LogP contribution in [0.15, 0.2) is 77.7 Å². The topological polar surface area (TPSA) is 84.5 Å². The number of carbonyl (C=O) groups is 1. The van der Waals surface area contributed by atoms with E-state index >= 15 is 0 Å². The van der Waals surface area contributed by atoms with Gasteiger partial charge in [0.25, 0.3) is 15.9 Å². The number of carbonyl (C=O) groups excluding carboxylic acids is 1. The molecule has 9 heteroatoms. The number of rotatable bonds is 7. The van der Waals surface area contributed by atoms with Crippen molar-refractivity contribution in [1.29, 1.82) is 0 Å². The number of hydrogen-bond acceptors (Lipinski definition) is 4. The van der Waals surface area contributed by atoms with E-state index in [0.29, 0.717) is 0 Å². The van der Waals surface area contributed by atoms with Crippen LogP contribution in [-0.4, -0.2) is 14.3 Å². The zero-order valence-electron chi connectivity index (χ0n) is 14.9. The van der Waals surface area contributed by atoms with Crippen molar-refractivity contribution in [2.45, 2.75) is 11.5 Å². The molecule has 0 saturated heterocycles. The van der Waals surface area contributed by atoms with Gasteiger partial charge in [-0.15, -0.1) is 0 Å². The Bertz CT molecular complexity index is 1110. The average molecular weight is 435 g/mol. The molecule has 0 atom stereocenters. The van der Waals surface area contributed by atoms with Crippen LogP contribution < -0.4 is 10.2 Å². The molecule has 150 valence electrons. The number of nitrogens with one attached hydrogen (secondary N) is 2. The van der Waals surface area contributed by atoms with Crippen LogP contribution in [0.25, 0.3) is 0 Å². The van der Waals surface area contributed by atoms with Gasteiger partial charge in [0.05, 0.1) is 22.1 Å². The summed E-state index contributed by atoms with van der Waals surface area (Å²) in [6.45, 7) is 0.133. The first-order valence-corrected chi connectivity index (χ1v) is 10.3. The Morgan fingerprint density at radius 3 is 2.38 bits per heavy atom. The van der Waals surface area contributed by atoms with Gasteiger partial charge in [0.1, 0.15) is 5.82 Å². The van der Waals surface area contributed by atoms with Gasteiger partial charge in [-0.1, -0.05) is 41.9 Å². The normalized spacial score (nSPS) is 11.1. The quantitative estimate of drug-likeness (QED) is 0.547. The van der Waals surface area contributed by atoms with Crippen molar-refractivity contribution in [3.05, 3.63) is 94.8 Å². The number of hydrogen-bond donors (Lipinski definition) is 2. The van der Waals surface area contributed by atoms with Crippen molar-refractivity contribution in [1.82, 2.24) is 5.48 Å². The van der Waals surface area contributed by atoms with E-state index in [1.54, 1.807) is 0 Å². The maximum atomic E-state index is 13.0. The molecule has 0 fully saturated rings. The number of amides is 1. The minimum Gasteiger partial charge on any atom is -0.280 e. The van der Waals surface area contributed by atoms with E-state index < -0.39 is 21.7 Å². The molecule has 0 unspecified atom stereocenters. The molecular weight excluding hydrogens is 419 g/mol. The van der Waals surface area contributed by atoms with Crippen LogP contribution in [0.5, 0.6) is 0 Å². The summed E-state index contributed by atoms with van der Waals surface area (Å²) in [5, 5.41) is 0.0616. The van der Waals surface area contributed by atoms with Gasteiger partial charge in [0.2, 0.25) is 0 Å². The fraction of sp³-hybridized carbons (Fsp3) is 0.0500. The van der Waals surface area contributed by atoms with E-state index in [0.717, 1.165) is 23.8 Å². The summed E-state index contributed by atoms with van der Waals surface area (Å²) < 4.78 is 40.4. The largest absolute Gasteiger partial charge is 0.280 e. The van der Waals surface area contributed by atoms with Crippen molar-refractivity contribution in [2.75, 3.05) is 4.72 Å². The van der Waals surface area contributed by atoms with Gasteiger partial charge in [-0.05, 0) is 48.0 Å². The van der Waals surface area contributed by atoms with Crippen LogP contribution in [0, 0.1) is 5.82 Å². The molecule has 6 nitrogen and oxygen atoms in total. The van der Waals surface area contributed by atoms with Crippen molar-refractivity contribution >= 4 is 33.2 Å². The van der Waals surface area contributed by atoms with Crippen molar-refractivity contribution in [2.24, 2.45) is 0 Å². The Morgan fingerprint density at radius 1 is 1.00 bits per heavy atom. The molecule has 0 aliphatic heterocycles. The predicted molar refractivity (Wildman–Crippen MR) is 107 cm³/mol. The van der Waals surface area contributed by atoms with Gasteiger partial charge in [-0.25, -0.2) is 18.3 Å². The smallest absolute Gasteiger partial charge is 0.276 e. The highest BCUT2D eigenvalue weighted by Gasteiger charge is 2.19. The fourth-order valence-corrected chi connectivity index (χ4v) is 3.68. The maximum Gasteiger partial charge on any atom is 0.276 e. The lowest BCUT2D eigenvalue weighted by Gasteiger charge is -2.11. The van der Waals surface area contributed by atoms with Gasteiger partial charge < -0.3 is 0 Å². The van der Waals surface area contributed by atoms with Gasteiger partial charge >= 0.3 is 0 Å². The molecule has 3 rings (SSSR count). The Morgan fingerprint density at radius 2 is 1.69 bits per heavy atom. The Labute approximate surface area is 172 Å². The second kappa shape index (κ2) is 9.04. The second-order valence-corrected chi connectivity index (χ2v) is 8.05. The third-order valence-electron chi connectivity index (χ3n) is 3.84. The van der Waals surface area contributed by atoms with Crippen LogP contribution in [0.3, 0.4) is 0 Å². The summed E-state index contributed by atoms with van der Waals surface area (Å²) in [4.78, 5) is 17.3. The molecule has 3 aromatic carbocycles. The third kappa shape index (κ3) is 5.54. The SMILES string of the molecule is O=C(NOCc1ccccc1)c1cc(S(=O)(=O)Nc2ccc(F)cc2)ccc1Cl. The molecule has 0 aromatic heterocycles. The first-order chi connectivity index (χ1) is 13.8. The number of benzene rings is 3. The molecule has 29 heavy (non-hydrogen) atoms. The molecule has 0 heterocycles. The molecule has 0 aliphatic carbocycles. The summed E-state index contributed by atoms with van der Waals surface area (Å²) >= 11 is 6.04. The Kier molecular flexibility index (Phi) is 6.48. The zero-order valence-corrected chi connectivity index (χ0v) is 16.5. The van der Waals surface area contributed by atoms with Crippen LogP contribution in [0.2, 0.25) is 5.02 Å². The van der Waals surface area contributed by atoms with E-state index in [-0.39, 0.29) is 27.8 Å². The van der Waals surface area contributed by atoms with Crippen LogP contribution in [-0.2, 0) is 21.5 Å². The van der Waals surface area contributed by atoms with Crippen LogP contribution in [0.4, 0.5) is 10.1 Å². The predicted octanol–water partition coefficient (Wildman–Crippen LogP) is 4.14. The summed E-state index contributed by atoms with van der Waals surface area (Å²) in [6.07, 6.45) is 0. The minimum absolute atomic E-state index is 0.0616. The summed E-state index contributed by atoms with van der Waals surface area (Å²) in [6, 6.07) is 17.7. The molecule has 0 saturated carbocycles. The number of halogens is 2. The molecule has 0 radical (unpaired) electrons. The van der Waals surface area contributed by atoms with E-state index in [2.05, 4.69) is 10.2 Å². The van der Waals surface area contributed by atoms with Crippen LogP contribution >= 0.6 is 11.6 Å². The van der Waals surface area contributed by atoms with Gasteiger partial charge in [-0.2, -0.15) is 0 Å². The Hall–Kier alpha value is -2.94. The number of anilines is 1. The lowest BCUT2D eigenvalue weighted by molar-refractivity contribution is 0.0233. The molecule has 0 spiro atoms. The highest BCUT2D eigenvalue weighted by atomic mass is 35.5. The molecule has 0 aliphatic rings. The average Bonchev–Trinajstić information content (AvgIpc) is 2.70. The monoisotopic (exact) mass is 434 g/mol. The number of sulfonamides is 1. The van der Waals surface area contributed by atoms with E-state index in [4.69, 9.17) is 16.4 Å². The highest BCUT2D eigenvalue weighted by molar-refractivity contribution is 7.92. The van der Waals surface area contributed by atoms with Gasteiger partial charge in [-0.3, -0.25) is 14.4 Å². The fourth-order valence-electron chi connectivity index (χ4n) is 2.39. The van der Waals surface area contributed by atoms with Gasteiger partial charge in [0.15, 0.2) is 0 Å². The molecule has 2 N–H and O–H groups in total. The van der Waals surface area contributed by atoms with Crippen molar-refractivity contribution < 1.29 is 22.4 Å². The van der Waals surface area contributed by atoms with Crippen LogP contribution in [0.1, 0.15) is 15.9 Å². The first-order valence-electron chi connectivity index (χ1n) is 8.39. The lowest BCUT2D eigenvalue weighted by atomic mass is 10.2. The van der Waals surface area contributed by atoms with E-state index in [1.165, 1.54) is 24.3 Å². The van der Waals surface area contributed by atoms with Gasteiger partial charge in [0, 0.05) is 5.69 Å². The maximum absolute atomic E-state index is 13.0. The van der Waals surface area contributed by atoms with E-state index in [9.17, 15) is 17.6 Å². The van der Waals surface area contributed by atoms with Crippen molar-refractivity contribution in [3.63, 3.8) is 0 Å². The zero-order chi connectivity index (χ0) is 20.9. The molecule has 1 amide bonds. The highest BCUT2D eigenvalue weighted by Crippen LogP contribution is 2.23. The lowest BCUT2D eigenvalue weighted by Crippen LogP contribution is -2.24. The van der Waals surface area contributed by atoms with E-state index in [1.807, 2.05) is 30.3 Å². The van der Waals surface area contributed by atoms with Crippen molar-refractivity contribution in [3.8, 4) is 0 Å². The second-order valence-electron chi connectivity index (χ2n) is 5.96. The Balaban J connectivity index is 1.72. The summed E-state index contributed by atoms with van der Waals surface area (Å²) in [7, 11) is -4.01. The summed E-state index contributed by atoms with van der Waals surface area (Å²) in [5.41, 5.74) is 3.20. The first kappa shape index (κ1) is 20.8. The number of hydroxylamine groups is 1. The molecule has 3 aromatic rings. The third-order valence-corrected chi connectivity index (χ3v) is 5.54. The molecule has 0 bridgehead atoms.